The zero-order valence-corrected chi connectivity index (χ0v) is 11.9. The summed E-state index contributed by atoms with van der Waals surface area (Å²) in [6, 6.07) is 13.6. The van der Waals surface area contributed by atoms with Crippen molar-refractivity contribution in [3.63, 3.8) is 0 Å². The number of anilines is 1. The third-order valence-electron chi connectivity index (χ3n) is 3.46. The summed E-state index contributed by atoms with van der Waals surface area (Å²) < 4.78 is 12.8. The number of H-pyrrole nitrogens is 1. The number of rotatable bonds is 4. The summed E-state index contributed by atoms with van der Waals surface area (Å²) in [5.41, 5.74) is 2.72. The summed E-state index contributed by atoms with van der Waals surface area (Å²) in [5.74, 6) is -0.256. The zero-order valence-electron chi connectivity index (χ0n) is 11.9. The van der Waals surface area contributed by atoms with E-state index in [1.54, 1.807) is 12.1 Å². The Morgan fingerprint density at radius 3 is 2.73 bits per heavy atom. The number of hydrogen-bond acceptors (Lipinski definition) is 1. The van der Waals surface area contributed by atoms with Crippen molar-refractivity contribution >= 4 is 22.6 Å². The molecule has 5 heteroatoms. The maximum Gasteiger partial charge on any atom is 0.319 e. The SMILES string of the molecule is O=C(NCCc1ccc(F)cc1)Nc1cccc2[nH]ccc12. The van der Waals surface area contributed by atoms with Gasteiger partial charge >= 0.3 is 6.03 Å². The molecule has 2 aromatic carbocycles. The van der Waals surface area contributed by atoms with Gasteiger partial charge in [0, 0.05) is 23.6 Å². The van der Waals surface area contributed by atoms with Gasteiger partial charge in [0.05, 0.1) is 5.69 Å². The quantitative estimate of drug-likeness (QED) is 0.676. The molecular formula is C17H16FN3O. The van der Waals surface area contributed by atoms with Crippen molar-refractivity contribution in [2.75, 3.05) is 11.9 Å². The van der Waals surface area contributed by atoms with Crippen LogP contribution in [0.4, 0.5) is 14.9 Å². The molecule has 0 saturated carbocycles. The molecule has 112 valence electrons. The Bertz CT molecular complexity index is 780. The fraction of sp³-hybridized carbons (Fsp3) is 0.118. The Hall–Kier alpha value is -2.82. The summed E-state index contributed by atoms with van der Waals surface area (Å²) >= 11 is 0. The number of aromatic amines is 1. The maximum atomic E-state index is 12.8. The topological polar surface area (TPSA) is 56.9 Å². The van der Waals surface area contributed by atoms with Gasteiger partial charge in [-0.1, -0.05) is 18.2 Å². The van der Waals surface area contributed by atoms with Crippen molar-refractivity contribution < 1.29 is 9.18 Å². The van der Waals surface area contributed by atoms with Crippen molar-refractivity contribution in [3.8, 4) is 0 Å². The monoisotopic (exact) mass is 297 g/mol. The predicted octanol–water partition coefficient (Wildman–Crippen LogP) is 3.67. The van der Waals surface area contributed by atoms with Gasteiger partial charge in [-0.05, 0) is 42.3 Å². The molecule has 0 bridgehead atoms. The number of hydrogen-bond donors (Lipinski definition) is 3. The Morgan fingerprint density at radius 1 is 1.09 bits per heavy atom. The third kappa shape index (κ3) is 3.25. The second kappa shape index (κ2) is 6.30. The number of nitrogens with one attached hydrogen (secondary N) is 3. The molecule has 0 unspecified atom stereocenters. The Morgan fingerprint density at radius 2 is 1.91 bits per heavy atom. The number of carbonyl (C=O) groups excluding carboxylic acids is 1. The van der Waals surface area contributed by atoms with Crippen LogP contribution in [-0.4, -0.2) is 17.6 Å². The van der Waals surface area contributed by atoms with Crippen LogP contribution in [0.15, 0.2) is 54.7 Å². The molecule has 22 heavy (non-hydrogen) atoms. The molecular weight excluding hydrogens is 281 g/mol. The molecule has 0 atom stereocenters. The molecule has 0 aliphatic rings. The summed E-state index contributed by atoms with van der Waals surface area (Å²) in [7, 11) is 0. The Kier molecular flexibility index (Phi) is 4.05. The van der Waals surface area contributed by atoms with E-state index in [4.69, 9.17) is 0 Å². The first-order valence-electron chi connectivity index (χ1n) is 7.08. The van der Waals surface area contributed by atoms with Crippen LogP contribution >= 0.6 is 0 Å². The van der Waals surface area contributed by atoms with Gasteiger partial charge in [0.15, 0.2) is 0 Å². The smallest absolute Gasteiger partial charge is 0.319 e. The van der Waals surface area contributed by atoms with Crippen LogP contribution in [-0.2, 0) is 6.42 Å². The number of benzene rings is 2. The fourth-order valence-corrected chi connectivity index (χ4v) is 2.33. The van der Waals surface area contributed by atoms with E-state index in [1.807, 2.05) is 30.5 Å². The number of halogens is 1. The van der Waals surface area contributed by atoms with Crippen molar-refractivity contribution in [2.45, 2.75) is 6.42 Å². The molecule has 1 heterocycles. The van der Waals surface area contributed by atoms with E-state index in [1.165, 1.54) is 12.1 Å². The number of aromatic nitrogens is 1. The van der Waals surface area contributed by atoms with Gasteiger partial charge in [0.1, 0.15) is 5.82 Å². The van der Waals surface area contributed by atoms with E-state index in [0.29, 0.717) is 13.0 Å². The molecule has 0 saturated heterocycles. The van der Waals surface area contributed by atoms with E-state index in [2.05, 4.69) is 15.6 Å². The van der Waals surface area contributed by atoms with Crippen molar-refractivity contribution in [1.82, 2.24) is 10.3 Å². The average Bonchev–Trinajstić information content (AvgIpc) is 2.99. The minimum atomic E-state index is -0.256. The molecule has 0 radical (unpaired) electrons. The van der Waals surface area contributed by atoms with Crippen LogP contribution in [0.3, 0.4) is 0 Å². The van der Waals surface area contributed by atoms with Gasteiger partial charge in [-0.15, -0.1) is 0 Å². The molecule has 0 spiro atoms. The molecule has 0 aliphatic heterocycles. The van der Waals surface area contributed by atoms with E-state index in [9.17, 15) is 9.18 Å². The first-order chi connectivity index (χ1) is 10.7. The van der Waals surface area contributed by atoms with Crippen molar-refractivity contribution in [3.05, 3.63) is 66.1 Å². The summed E-state index contributed by atoms with van der Waals surface area (Å²) in [5, 5.41) is 6.60. The standard InChI is InChI=1S/C17H16FN3O/c18-13-6-4-12(5-7-13)8-10-20-17(22)21-16-3-1-2-15-14(16)9-11-19-15/h1-7,9,11,19H,8,10H2,(H2,20,21,22). The van der Waals surface area contributed by atoms with Gasteiger partial charge in [0.25, 0.3) is 0 Å². The highest BCUT2D eigenvalue weighted by Crippen LogP contribution is 2.21. The van der Waals surface area contributed by atoms with Gasteiger partial charge in [0.2, 0.25) is 0 Å². The average molecular weight is 297 g/mol. The molecule has 2 amide bonds. The zero-order chi connectivity index (χ0) is 15.4. The number of fused-ring (bicyclic) bond motifs is 1. The maximum absolute atomic E-state index is 12.8. The lowest BCUT2D eigenvalue weighted by Gasteiger charge is -2.08. The molecule has 3 aromatic rings. The molecule has 4 nitrogen and oxygen atoms in total. The van der Waals surface area contributed by atoms with Gasteiger partial charge in [-0.3, -0.25) is 0 Å². The highest BCUT2D eigenvalue weighted by Gasteiger charge is 2.05. The first-order valence-corrected chi connectivity index (χ1v) is 7.08. The van der Waals surface area contributed by atoms with Crippen LogP contribution in [0, 0.1) is 5.82 Å². The summed E-state index contributed by atoms with van der Waals surface area (Å²) in [4.78, 5) is 15.0. The van der Waals surface area contributed by atoms with Crippen LogP contribution in [0.5, 0.6) is 0 Å². The lowest BCUT2D eigenvalue weighted by molar-refractivity contribution is 0.252. The molecule has 0 fully saturated rings. The number of carbonyl (C=O) groups is 1. The first kappa shape index (κ1) is 14.1. The van der Waals surface area contributed by atoms with E-state index in [0.717, 1.165) is 22.2 Å². The van der Waals surface area contributed by atoms with Gasteiger partial charge < -0.3 is 15.6 Å². The number of amides is 2. The van der Waals surface area contributed by atoms with Crippen molar-refractivity contribution in [1.29, 1.82) is 0 Å². The van der Waals surface area contributed by atoms with E-state index >= 15 is 0 Å². The predicted molar refractivity (Wildman–Crippen MR) is 85.4 cm³/mol. The molecule has 1 aromatic heterocycles. The second-order valence-corrected chi connectivity index (χ2v) is 5.00. The molecule has 3 rings (SSSR count). The second-order valence-electron chi connectivity index (χ2n) is 5.00. The normalized spacial score (nSPS) is 10.6. The molecule has 3 N–H and O–H groups in total. The fourth-order valence-electron chi connectivity index (χ4n) is 2.33. The Balaban J connectivity index is 1.54. The van der Waals surface area contributed by atoms with Crippen LogP contribution in [0.2, 0.25) is 0 Å². The number of urea groups is 1. The van der Waals surface area contributed by atoms with Crippen LogP contribution in [0.1, 0.15) is 5.56 Å². The van der Waals surface area contributed by atoms with Crippen molar-refractivity contribution in [2.24, 2.45) is 0 Å². The minimum absolute atomic E-state index is 0.254. The largest absolute Gasteiger partial charge is 0.361 e. The van der Waals surface area contributed by atoms with Crippen LogP contribution < -0.4 is 10.6 Å². The lowest BCUT2D eigenvalue weighted by atomic mass is 10.1. The summed E-state index contributed by atoms with van der Waals surface area (Å²) in [6.07, 6.45) is 2.49. The summed E-state index contributed by atoms with van der Waals surface area (Å²) in [6.45, 7) is 0.487. The molecule has 0 aliphatic carbocycles. The van der Waals surface area contributed by atoms with Gasteiger partial charge in [-0.2, -0.15) is 0 Å². The highest BCUT2D eigenvalue weighted by molar-refractivity contribution is 6.00. The highest BCUT2D eigenvalue weighted by atomic mass is 19.1. The Labute approximate surface area is 127 Å². The van der Waals surface area contributed by atoms with E-state index in [-0.39, 0.29) is 11.8 Å². The van der Waals surface area contributed by atoms with Crippen LogP contribution in [0.25, 0.3) is 10.9 Å². The third-order valence-corrected chi connectivity index (χ3v) is 3.46. The lowest BCUT2D eigenvalue weighted by Crippen LogP contribution is -2.30. The van der Waals surface area contributed by atoms with Gasteiger partial charge in [-0.25, -0.2) is 9.18 Å². The van der Waals surface area contributed by atoms with E-state index < -0.39 is 0 Å². The minimum Gasteiger partial charge on any atom is -0.361 e.